The van der Waals surface area contributed by atoms with Crippen LogP contribution in [0.2, 0.25) is 0 Å². The van der Waals surface area contributed by atoms with Crippen LogP contribution < -0.4 is 4.90 Å². The third-order valence-corrected chi connectivity index (χ3v) is 8.05. The second kappa shape index (κ2) is 10.8. The lowest BCUT2D eigenvalue weighted by molar-refractivity contribution is -0.136. The maximum Gasteiger partial charge on any atom is 0.248 e. The van der Waals surface area contributed by atoms with E-state index in [1.54, 1.807) is 0 Å². The number of fused-ring (bicyclic) bond motifs is 3. The van der Waals surface area contributed by atoms with Gasteiger partial charge in [-0.2, -0.15) is 0 Å². The number of anilines is 1. The third kappa shape index (κ3) is 5.10. The quantitative estimate of drug-likeness (QED) is 0.466. The third-order valence-electron chi connectivity index (χ3n) is 6.86. The summed E-state index contributed by atoms with van der Waals surface area (Å²) in [5.74, 6) is 2.14. The molecule has 3 aromatic rings. The van der Waals surface area contributed by atoms with Crippen LogP contribution in [0.1, 0.15) is 54.4 Å². The van der Waals surface area contributed by atoms with E-state index in [4.69, 9.17) is 14.7 Å². The molecule has 5 rings (SSSR count). The molecule has 2 aliphatic rings. The molecule has 1 fully saturated rings. The van der Waals surface area contributed by atoms with Crippen LogP contribution in [0.15, 0.2) is 30.3 Å². The van der Waals surface area contributed by atoms with Gasteiger partial charge in [-0.05, 0) is 43.2 Å². The van der Waals surface area contributed by atoms with Crippen LogP contribution in [-0.4, -0.2) is 53.6 Å². The molecule has 0 saturated carbocycles. The lowest BCUT2D eigenvalue weighted by Crippen LogP contribution is -2.50. The highest BCUT2D eigenvalue weighted by Crippen LogP contribution is 2.40. The number of carbonyl (C=O) groups excluding carboxylic acids is 1. The number of amides is 1. The number of thiophene rings is 1. The predicted molar refractivity (Wildman–Crippen MR) is 138 cm³/mol. The molecule has 1 aliphatic heterocycles. The summed E-state index contributed by atoms with van der Waals surface area (Å²) < 4.78 is 5.68. The fourth-order valence-electron chi connectivity index (χ4n) is 4.95. The summed E-state index contributed by atoms with van der Waals surface area (Å²) in [6, 6.07) is 10.00. The molecular weight excluding hydrogens is 444 g/mol. The topological polar surface area (TPSA) is 58.6 Å². The van der Waals surface area contributed by atoms with Gasteiger partial charge in [-0.3, -0.25) is 4.79 Å². The summed E-state index contributed by atoms with van der Waals surface area (Å²) in [7, 11) is 0. The molecule has 7 heteroatoms. The summed E-state index contributed by atoms with van der Waals surface area (Å²) in [5.41, 5.74) is 2.57. The van der Waals surface area contributed by atoms with Gasteiger partial charge in [0.05, 0.1) is 12.0 Å². The van der Waals surface area contributed by atoms with E-state index in [1.165, 1.54) is 35.1 Å². The number of hydrogen-bond acceptors (Lipinski definition) is 6. The number of nitrogens with zero attached hydrogens (tertiary/aromatic N) is 4. The molecule has 0 N–H and O–H groups in total. The Labute approximate surface area is 206 Å². The second-order valence-corrected chi connectivity index (χ2v) is 10.4. The molecule has 3 heterocycles. The zero-order valence-electron chi connectivity index (χ0n) is 20.1. The number of rotatable bonds is 8. The van der Waals surface area contributed by atoms with E-state index in [0.29, 0.717) is 19.7 Å². The highest BCUT2D eigenvalue weighted by Gasteiger charge is 2.27. The number of aryl methyl sites for hydroxylation is 3. The van der Waals surface area contributed by atoms with Crippen LogP contribution in [0.4, 0.5) is 5.82 Å². The van der Waals surface area contributed by atoms with Gasteiger partial charge >= 0.3 is 0 Å². The highest BCUT2D eigenvalue weighted by molar-refractivity contribution is 7.19. The average molecular weight is 479 g/mol. The normalized spacial score (nSPS) is 16.1. The standard InChI is InChI=1S/C27H34N4O2S/c1-2-3-13-23-28-26(25-21-11-7-8-12-22(21)34-27(25)29-23)31-16-14-30(15-17-31)24(32)19-33-18-20-9-5-4-6-10-20/h4-6,9-10H,2-3,7-8,11-19H2,1H3. The van der Waals surface area contributed by atoms with E-state index in [2.05, 4.69) is 11.8 Å². The lowest BCUT2D eigenvalue weighted by Gasteiger charge is -2.36. The number of hydrogen-bond donors (Lipinski definition) is 0. The summed E-state index contributed by atoms with van der Waals surface area (Å²) in [4.78, 5) is 29.8. The smallest absolute Gasteiger partial charge is 0.248 e. The number of aromatic nitrogens is 2. The van der Waals surface area contributed by atoms with E-state index in [1.807, 2.05) is 46.6 Å². The summed E-state index contributed by atoms with van der Waals surface area (Å²) in [6.07, 6.45) is 8.02. The molecule has 0 atom stereocenters. The van der Waals surface area contributed by atoms with Gasteiger partial charge in [0, 0.05) is 37.5 Å². The van der Waals surface area contributed by atoms with Gasteiger partial charge in [0.15, 0.2) is 0 Å². The van der Waals surface area contributed by atoms with Crippen molar-refractivity contribution in [2.24, 2.45) is 0 Å². The molecule has 0 unspecified atom stereocenters. The van der Waals surface area contributed by atoms with Gasteiger partial charge in [0.2, 0.25) is 5.91 Å². The van der Waals surface area contributed by atoms with Crippen molar-refractivity contribution < 1.29 is 9.53 Å². The maximum atomic E-state index is 12.7. The van der Waals surface area contributed by atoms with Crippen LogP contribution in [0.3, 0.4) is 0 Å². The Morgan fingerprint density at radius 3 is 2.65 bits per heavy atom. The Balaban J connectivity index is 1.27. The minimum absolute atomic E-state index is 0.0694. The molecule has 1 aromatic carbocycles. The molecule has 6 nitrogen and oxygen atoms in total. The first kappa shape index (κ1) is 23.2. The first-order chi connectivity index (χ1) is 16.7. The molecule has 1 aliphatic carbocycles. The Morgan fingerprint density at radius 1 is 1.06 bits per heavy atom. The molecular formula is C27H34N4O2S. The van der Waals surface area contributed by atoms with Crippen molar-refractivity contribution in [1.29, 1.82) is 0 Å². The van der Waals surface area contributed by atoms with Crippen molar-refractivity contribution in [3.8, 4) is 0 Å². The Morgan fingerprint density at radius 2 is 1.85 bits per heavy atom. The van der Waals surface area contributed by atoms with Crippen molar-refractivity contribution in [3.63, 3.8) is 0 Å². The van der Waals surface area contributed by atoms with Crippen LogP contribution in [0.5, 0.6) is 0 Å². The highest BCUT2D eigenvalue weighted by atomic mass is 32.1. The molecule has 34 heavy (non-hydrogen) atoms. The molecule has 0 spiro atoms. The zero-order valence-corrected chi connectivity index (χ0v) is 20.9. The van der Waals surface area contributed by atoms with Crippen LogP contribution in [-0.2, 0) is 35.4 Å². The Hall–Kier alpha value is -2.51. The first-order valence-corrected chi connectivity index (χ1v) is 13.5. The van der Waals surface area contributed by atoms with Gasteiger partial charge in [-0.15, -0.1) is 11.3 Å². The molecule has 1 amide bonds. The van der Waals surface area contributed by atoms with Crippen molar-refractivity contribution in [2.45, 2.75) is 58.5 Å². The van der Waals surface area contributed by atoms with E-state index in [-0.39, 0.29) is 12.5 Å². The average Bonchev–Trinajstić information content (AvgIpc) is 3.26. The summed E-state index contributed by atoms with van der Waals surface area (Å²) >= 11 is 1.88. The molecule has 0 bridgehead atoms. The van der Waals surface area contributed by atoms with Crippen molar-refractivity contribution in [1.82, 2.24) is 14.9 Å². The molecule has 0 radical (unpaired) electrons. The predicted octanol–water partition coefficient (Wildman–Crippen LogP) is 4.78. The Kier molecular flexibility index (Phi) is 7.40. The van der Waals surface area contributed by atoms with E-state index >= 15 is 0 Å². The van der Waals surface area contributed by atoms with Gasteiger partial charge in [-0.1, -0.05) is 43.7 Å². The van der Waals surface area contributed by atoms with Gasteiger partial charge in [0.1, 0.15) is 23.1 Å². The van der Waals surface area contributed by atoms with Crippen molar-refractivity contribution >= 4 is 33.3 Å². The van der Waals surface area contributed by atoms with Crippen molar-refractivity contribution in [3.05, 3.63) is 52.2 Å². The minimum Gasteiger partial charge on any atom is -0.367 e. The lowest BCUT2D eigenvalue weighted by atomic mass is 9.97. The minimum atomic E-state index is 0.0694. The van der Waals surface area contributed by atoms with E-state index < -0.39 is 0 Å². The van der Waals surface area contributed by atoms with Gasteiger partial charge in [-0.25, -0.2) is 9.97 Å². The monoisotopic (exact) mass is 478 g/mol. The molecule has 1 saturated heterocycles. The fourth-order valence-corrected chi connectivity index (χ4v) is 6.22. The Bertz CT molecular complexity index is 1120. The number of benzene rings is 1. The van der Waals surface area contributed by atoms with Crippen LogP contribution in [0.25, 0.3) is 10.2 Å². The van der Waals surface area contributed by atoms with Crippen molar-refractivity contribution in [2.75, 3.05) is 37.7 Å². The zero-order chi connectivity index (χ0) is 23.3. The summed E-state index contributed by atoms with van der Waals surface area (Å²) in [6.45, 7) is 5.82. The maximum absolute atomic E-state index is 12.7. The summed E-state index contributed by atoms with van der Waals surface area (Å²) in [5, 5.41) is 1.28. The number of unbranched alkanes of at least 4 members (excludes halogenated alkanes) is 1. The largest absolute Gasteiger partial charge is 0.367 e. The van der Waals surface area contributed by atoms with E-state index in [9.17, 15) is 4.79 Å². The molecule has 2 aromatic heterocycles. The van der Waals surface area contributed by atoms with Crippen LogP contribution >= 0.6 is 11.3 Å². The van der Waals surface area contributed by atoms with E-state index in [0.717, 1.165) is 60.8 Å². The SMILES string of the molecule is CCCCc1nc(N2CCN(C(=O)COCc3ccccc3)CC2)c2c3c(sc2n1)CCCC3. The fraction of sp³-hybridized carbons (Fsp3) is 0.519. The van der Waals surface area contributed by atoms with Gasteiger partial charge in [0.25, 0.3) is 0 Å². The first-order valence-electron chi connectivity index (χ1n) is 12.7. The molecule has 180 valence electrons. The number of carbonyl (C=O) groups is 1. The number of piperazine rings is 1. The van der Waals surface area contributed by atoms with Gasteiger partial charge < -0.3 is 14.5 Å². The van der Waals surface area contributed by atoms with Crippen LogP contribution in [0, 0.1) is 0 Å². The number of ether oxygens (including phenoxy) is 1. The second-order valence-electron chi connectivity index (χ2n) is 9.30.